The number of rotatable bonds is 2. The van der Waals surface area contributed by atoms with Crippen LogP contribution in [0.25, 0.3) is 0 Å². The quantitative estimate of drug-likeness (QED) is 0.841. The molecular weight excluding hydrogens is 300 g/mol. The van der Waals surface area contributed by atoms with Crippen molar-refractivity contribution in [2.24, 2.45) is 5.41 Å². The van der Waals surface area contributed by atoms with Crippen LogP contribution in [-0.4, -0.2) is 11.0 Å². The van der Waals surface area contributed by atoms with Crippen molar-refractivity contribution in [2.45, 2.75) is 45.6 Å². The molecule has 0 aromatic carbocycles. The summed E-state index contributed by atoms with van der Waals surface area (Å²) in [5.74, 6) is 0.801. The van der Waals surface area contributed by atoms with Gasteiger partial charge in [0.2, 0.25) is 0 Å². The summed E-state index contributed by atoms with van der Waals surface area (Å²) in [6, 6.07) is 2.34. The molecule has 2 nitrogen and oxygen atoms in total. The van der Waals surface area contributed by atoms with E-state index in [1.54, 1.807) is 6.20 Å². The Hall–Kier alpha value is -0.280. The summed E-state index contributed by atoms with van der Waals surface area (Å²) < 4.78 is 0.913. The first kappa shape index (κ1) is 13.2. The Morgan fingerprint density at radius 3 is 2.88 bits per heavy atom. The minimum atomic E-state index is 0.316. The van der Waals surface area contributed by atoms with Gasteiger partial charge in [-0.15, -0.1) is 0 Å². The predicted molar refractivity (Wildman–Crippen MR) is 76.6 cm³/mol. The van der Waals surface area contributed by atoms with Crippen LogP contribution < -0.4 is 5.32 Å². The molecule has 94 valence electrons. The maximum Gasteiger partial charge on any atom is 0.145 e. The van der Waals surface area contributed by atoms with Crippen molar-refractivity contribution in [3.05, 3.63) is 21.8 Å². The largest absolute Gasteiger partial charge is 0.366 e. The Morgan fingerprint density at radius 2 is 2.24 bits per heavy atom. The van der Waals surface area contributed by atoms with E-state index in [1.165, 1.54) is 25.7 Å². The van der Waals surface area contributed by atoms with Crippen molar-refractivity contribution in [1.82, 2.24) is 4.98 Å². The molecule has 1 heterocycles. The van der Waals surface area contributed by atoms with Gasteiger partial charge in [-0.25, -0.2) is 4.98 Å². The summed E-state index contributed by atoms with van der Waals surface area (Å²) >= 11 is 9.56. The van der Waals surface area contributed by atoms with Gasteiger partial charge in [0.25, 0.3) is 0 Å². The summed E-state index contributed by atoms with van der Waals surface area (Å²) in [6.07, 6.45) is 6.85. The van der Waals surface area contributed by atoms with Crippen LogP contribution in [0.1, 0.15) is 39.5 Å². The first-order valence-electron chi connectivity index (χ1n) is 6.06. The highest BCUT2D eigenvalue weighted by Gasteiger charge is 2.32. The molecule has 2 rings (SSSR count). The topological polar surface area (TPSA) is 24.9 Å². The fraction of sp³-hybridized carbons (Fsp3) is 0.615. The Bertz CT molecular complexity index is 406. The smallest absolute Gasteiger partial charge is 0.145 e. The van der Waals surface area contributed by atoms with E-state index in [2.05, 4.69) is 40.1 Å². The van der Waals surface area contributed by atoms with Crippen molar-refractivity contribution in [1.29, 1.82) is 0 Å². The molecule has 0 bridgehead atoms. The Labute approximate surface area is 116 Å². The average molecular weight is 318 g/mol. The lowest BCUT2D eigenvalue weighted by molar-refractivity contribution is 0.216. The van der Waals surface area contributed by atoms with E-state index in [1.807, 2.05) is 6.07 Å². The van der Waals surface area contributed by atoms with Gasteiger partial charge in [-0.3, -0.25) is 0 Å². The fourth-order valence-electron chi connectivity index (χ4n) is 2.45. The van der Waals surface area contributed by atoms with Crippen LogP contribution in [0.5, 0.6) is 0 Å². The van der Waals surface area contributed by atoms with Gasteiger partial charge in [0, 0.05) is 16.7 Å². The van der Waals surface area contributed by atoms with E-state index in [9.17, 15) is 0 Å². The second kappa shape index (κ2) is 5.15. The molecular formula is C13H18BrClN2. The normalized spacial score (nSPS) is 23.4. The van der Waals surface area contributed by atoms with Crippen molar-refractivity contribution < 1.29 is 0 Å². The lowest BCUT2D eigenvalue weighted by Crippen LogP contribution is -2.39. The average Bonchev–Trinajstić information content (AvgIpc) is 2.24. The molecule has 1 unspecified atom stereocenters. The van der Waals surface area contributed by atoms with Crippen LogP contribution in [0.15, 0.2) is 16.7 Å². The van der Waals surface area contributed by atoms with Crippen LogP contribution in [0.3, 0.4) is 0 Å². The molecule has 1 aromatic heterocycles. The van der Waals surface area contributed by atoms with Crippen LogP contribution in [0.4, 0.5) is 5.82 Å². The molecule has 1 aromatic rings. The summed E-state index contributed by atoms with van der Waals surface area (Å²) in [4.78, 5) is 4.35. The van der Waals surface area contributed by atoms with Gasteiger partial charge >= 0.3 is 0 Å². The van der Waals surface area contributed by atoms with Gasteiger partial charge in [-0.1, -0.05) is 38.3 Å². The maximum absolute atomic E-state index is 6.19. The highest BCUT2D eigenvalue weighted by atomic mass is 79.9. The Morgan fingerprint density at radius 1 is 1.47 bits per heavy atom. The molecule has 1 aliphatic carbocycles. The first-order valence-corrected chi connectivity index (χ1v) is 7.24. The summed E-state index contributed by atoms with van der Waals surface area (Å²) in [5.41, 5.74) is 0.316. The molecule has 0 spiro atoms. The SMILES string of the molecule is CC1(C)CCCCC1Nc1ncc(Br)cc1Cl. The third-order valence-electron chi connectivity index (χ3n) is 3.63. The number of anilines is 1. The van der Waals surface area contributed by atoms with E-state index in [4.69, 9.17) is 11.6 Å². The molecule has 0 saturated heterocycles. The fourth-order valence-corrected chi connectivity index (χ4v) is 3.13. The van der Waals surface area contributed by atoms with E-state index in [-0.39, 0.29) is 0 Å². The van der Waals surface area contributed by atoms with E-state index < -0.39 is 0 Å². The van der Waals surface area contributed by atoms with E-state index in [0.29, 0.717) is 16.5 Å². The highest BCUT2D eigenvalue weighted by molar-refractivity contribution is 9.10. The summed E-state index contributed by atoms with van der Waals surface area (Å²) in [5, 5.41) is 4.18. The van der Waals surface area contributed by atoms with Crippen LogP contribution in [-0.2, 0) is 0 Å². The first-order chi connectivity index (χ1) is 7.99. The van der Waals surface area contributed by atoms with E-state index >= 15 is 0 Å². The number of pyridine rings is 1. The lowest BCUT2D eigenvalue weighted by atomic mass is 9.73. The van der Waals surface area contributed by atoms with Gasteiger partial charge < -0.3 is 5.32 Å². The third kappa shape index (κ3) is 3.14. The zero-order valence-corrected chi connectivity index (χ0v) is 12.6. The van der Waals surface area contributed by atoms with Gasteiger partial charge in [0.05, 0.1) is 5.02 Å². The minimum absolute atomic E-state index is 0.316. The Balaban J connectivity index is 2.14. The molecule has 0 radical (unpaired) electrons. The standard InChI is InChI=1S/C13H18BrClN2/c1-13(2)6-4-3-5-11(13)17-12-10(15)7-9(14)8-16-12/h7-8,11H,3-6H2,1-2H3,(H,16,17). The predicted octanol–water partition coefficient (Wildman–Crippen LogP) is 4.88. The molecule has 1 fully saturated rings. The number of nitrogens with one attached hydrogen (secondary N) is 1. The van der Waals surface area contributed by atoms with Crippen molar-refractivity contribution in [3.63, 3.8) is 0 Å². The molecule has 1 saturated carbocycles. The lowest BCUT2D eigenvalue weighted by Gasteiger charge is -2.39. The molecule has 0 aliphatic heterocycles. The number of hydrogen-bond acceptors (Lipinski definition) is 2. The third-order valence-corrected chi connectivity index (χ3v) is 4.35. The number of hydrogen-bond donors (Lipinski definition) is 1. The number of nitrogens with zero attached hydrogens (tertiary/aromatic N) is 1. The number of aromatic nitrogens is 1. The van der Waals surface area contributed by atoms with Crippen LogP contribution >= 0.6 is 27.5 Å². The van der Waals surface area contributed by atoms with Crippen molar-refractivity contribution >= 4 is 33.3 Å². The molecule has 0 amide bonds. The van der Waals surface area contributed by atoms with Gasteiger partial charge in [-0.05, 0) is 40.3 Å². The Kier molecular flexibility index (Phi) is 3.99. The summed E-state index contributed by atoms with van der Waals surface area (Å²) in [6.45, 7) is 4.63. The van der Waals surface area contributed by atoms with Crippen molar-refractivity contribution in [3.8, 4) is 0 Å². The van der Waals surface area contributed by atoms with Crippen LogP contribution in [0, 0.1) is 5.41 Å². The second-order valence-corrected chi connectivity index (χ2v) is 6.74. The zero-order chi connectivity index (χ0) is 12.5. The van der Waals surface area contributed by atoms with E-state index in [0.717, 1.165) is 10.3 Å². The molecule has 4 heteroatoms. The van der Waals surface area contributed by atoms with Gasteiger partial charge in [-0.2, -0.15) is 0 Å². The highest BCUT2D eigenvalue weighted by Crippen LogP contribution is 2.38. The van der Waals surface area contributed by atoms with Crippen LogP contribution in [0.2, 0.25) is 5.02 Å². The number of halogens is 2. The zero-order valence-electron chi connectivity index (χ0n) is 10.3. The summed E-state index contributed by atoms with van der Waals surface area (Å²) in [7, 11) is 0. The molecule has 1 atom stereocenters. The van der Waals surface area contributed by atoms with Crippen molar-refractivity contribution in [2.75, 3.05) is 5.32 Å². The van der Waals surface area contributed by atoms with Gasteiger partial charge in [0.15, 0.2) is 0 Å². The monoisotopic (exact) mass is 316 g/mol. The second-order valence-electron chi connectivity index (χ2n) is 5.42. The molecule has 1 N–H and O–H groups in total. The van der Waals surface area contributed by atoms with Gasteiger partial charge in [0.1, 0.15) is 5.82 Å². The molecule has 17 heavy (non-hydrogen) atoms. The maximum atomic E-state index is 6.19. The molecule has 1 aliphatic rings. The minimum Gasteiger partial charge on any atom is -0.366 e.